The smallest absolute Gasteiger partial charge is 0.315 e. The molecular formula is C35H45N3O5. The molecule has 230 valence electrons. The number of urea groups is 1. The molecule has 5 rings (SSSR count). The van der Waals surface area contributed by atoms with E-state index >= 15 is 0 Å². The highest BCUT2D eigenvalue weighted by atomic mass is 16.7. The molecule has 0 bridgehead atoms. The maximum absolute atomic E-state index is 12.0. The van der Waals surface area contributed by atoms with Crippen molar-refractivity contribution in [1.82, 2.24) is 15.5 Å². The predicted molar refractivity (Wildman–Crippen MR) is 167 cm³/mol. The number of likely N-dealkylation sites (tertiary alicyclic amines) is 1. The molecule has 0 spiro atoms. The van der Waals surface area contributed by atoms with E-state index in [2.05, 4.69) is 64.9 Å². The highest BCUT2D eigenvalue weighted by molar-refractivity contribution is 5.74. The van der Waals surface area contributed by atoms with Crippen molar-refractivity contribution >= 4 is 6.03 Å². The van der Waals surface area contributed by atoms with Gasteiger partial charge in [-0.1, -0.05) is 79.7 Å². The van der Waals surface area contributed by atoms with E-state index in [4.69, 9.17) is 14.2 Å². The van der Waals surface area contributed by atoms with Crippen LogP contribution in [0.4, 0.5) is 4.79 Å². The number of ether oxygens (including phenoxy) is 3. The number of carbonyl (C=O) groups is 1. The van der Waals surface area contributed by atoms with E-state index in [1.807, 2.05) is 37.3 Å². The highest BCUT2D eigenvalue weighted by Gasteiger charge is 2.40. The van der Waals surface area contributed by atoms with E-state index in [0.717, 1.165) is 59.5 Å². The first-order valence-electron chi connectivity index (χ1n) is 15.4. The molecule has 0 radical (unpaired) electrons. The summed E-state index contributed by atoms with van der Waals surface area (Å²) in [7, 11) is 1.77. The molecule has 2 saturated heterocycles. The van der Waals surface area contributed by atoms with Crippen molar-refractivity contribution < 1.29 is 24.1 Å². The maximum atomic E-state index is 12.0. The molecule has 3 N–H and O–H groups in total. The van der Waals surface area contributed by atoms with Crippen molar-refractivity contribution in [3.05, 3.63) is 95.1 Å². The number of nitrogens with one attached hydrogen (secondary N) is 2. The number of carbonyl (C=O) groups excluding carboxylic acids is 1. The first kappa shape index (κ1) is 31.2. The van der Waals surface area contributed by atoms with E-state index < -0.39 is 6.29 Å². The minimum absolute atomic E-state index is 0.0169. The molecule has 2 heterocycles. The number of hydrogen-bond acceptors (Lipinski definition) is 6. The maximum Gasteiger partial charge on any atom is 0.315 e. The van der Waals surface area contributed by atoms with E-state index in [-0.39, 0.29) is 30.8 Å². The van der Waals surface area contributed by atoms with Gasteiger partial charge in [-0.15, -0.1) is 0 Å². The molecule has 8 heteroatoms. The zero-order valence-corrected chi connectivity index (χ0v) is 25.5. The quantitative estimate of drug-likeness (QED) is 0.272. The average molecular weight is 588 g/mol. The summed E-state index contributed by atoms with van der Waals surface area (Å²) >= 11 is 0. The predicted octanol–water partition coefficient (Wildman–Crippen LogP) is 5.57. The van der Waals surface area contributed by atoms with Gasteiger partial charge in [-0.3, -0.25) is 4.90 Å². The first-order chi connectivity index (χ1) is 21.0. The second-order valence-electron chi connectivity index (χ2n) is 11.6. The van der Waals surface area contributed by atoms with Crippen LogP contribution in [0.3, 0.4) is 0 Å². The van der Waals surface area contributed by atoms with Crippen LogP contribution in [0.2, 0.25) is 0 Å². The Morgan fingerprint density at radius 1 is 1.00 bits per heavy atom. The summed E-state index contributed by atoms with van der Waals surface area (Å²) in [6, 6.07) is 24.8. The van der Waals surface area contributed by atoms with Gasteiger partial charge in [0.2, 0.25) is 0 Å². The molecule has 5 atom stereocenters. The molecule has 2 aliphatic heterocycles. The monoisotopic (exact) mass is 587 g/mol. The van der Waals surface area contributed by atoms with Gasteiger partial charge >= 0.3 is 6.03 Å². The number of rotatable bonds is 11. The molecule has 2 amide bonds. The lowest BCUT2D eigenvalue weighted by molar-refractivity contribution is -0.276. The first-order valence-corrected chi connectivity index (χ1v) is 15.4. The third kappa shape index (κ3) is 7.63. The van der Waals surface area contributed by atoms with Gasteiger partial charge < -0.3 is 30.0 Å². The Bertz CT molecular complexity index is 1320. The minimum atomic E-state index is -0.518. The van der Waals surface area contributed by atoms with Gasteiger partial charge in [0, 0.05) is 44.3 Å². The lowest BCUT2D eigenvalue weighted by Crippen LogP contribution is -2.46. The van der Waals surface area contributed by atoms with Crippen LogP contribution < -0.4 is 10.6 Å². The van der Waals surface area contributed by atoms with Crippen molar-refractivity contribution in [2.45, 2.75) is 64.4 Å². The van der Waals surface area contributed by atoms with Gasteiger partial charge in [0.1, 0.15) is 0 Å². The Balaban J connectivity index is 1.37. The van der Waals surface area contributed by atoms with Gasteiger partial charge in [-0.25, -0.2) is 4.79 Å². The molecule has 0 unspecified atom stereocenters. The van der Waals surface area contributed by atoms with E-state index in [1.165, 1.54) is 6.42 Å². The summed E-state index contributed by atoms with van der Waals surface area (Å²) in [6.07, 6.45) is 1.61. The molecule has 2 aliphatic rings. The highest BCUT2D eigenvalue weighted by Crippen LogP contribution is 2.42. The molecule has 0 aliphatic carbocycles. The zero-order chi connectivity index (χ0) is 30.2. The summed E-state index contributed by atoms with van der Waals surface area (Å²) in [6.45, 7) is 7.75. The van der Waals surface area contributed by atoms with Gasteiger partial charge in [-0.05, 0) is 54.1 Å². The number of benzene rings is 3. The van der Waals surface area contributed by atoms with Gasteiger partial charge in [0.25, 0.3) is 0 Å². The summed E-state index contributed by atoms with van der Waals surface area (Å²) in [4.78, 5) is 14.5. The van der Waals surface area contributed by atoms with Gasteiger partial charge in [0.05, 0.1) is 25.4 Å². The SMILES string of the molecule is CCNC(=O)NCc1ccccc1-c1ccc([C@H]2O[C@@H](CN3CCC[C@H]3COC)[C@@H](C)[C@@H](c3ccc(CO)cc3)O2)cc1. The molecule has 43 heavy (non-hydrogen) atoms. The molecule has 3 aromatic rings. The summed E-state index contributed by atoms with van der Waals surface area (Å²) in [5.74, 6) is 0.128. The van der Waals surface area contributed by atoms with E-state index in [1.54, 1.807) is 7.11 Å². The lowest BCUT2D eigenvalue weighted by atomic mass is 9.89. The van der Waals surface area contributed by atoms with Crippen LogP contribution in [0.15, 0.2) is 72.8 Å². The molecule has 8 nitrogen and oxygen atoms in total. The fourth-order valence-electron chi connectivity index (χ4n) is 6.25. The fraction of sp³-hybridized carbons (Fsp3) is 0.457. The van der Waals surface area contributed by atoms with Crippen LogP contribution >= 0.6 is 0 Å². The van der Waals surface area contributed by atoms with Crippen LogP contribution in [0.5, 0.6) is 0 Å². The Kier molecular flexibility index (Phi) is 10.8. The summed E-state index contributed by atoms with van der Waals surface area (Å²) in [5, 5.41) is 15.3. The molecule has 0 aromatic heterocycles. The van der Waals surface area contributed by atoms with Crippen molar-refractivity contribution in [1.29, 1.82) is 0 Å². The topological polar surface area (TPSA) is 92.3 Å². The Hall–Kier alpha value is -3.27. The van der Waals surface area contributed by atoms with Gasteiger partial charge in [0.15, 0.2) is 6.29 Å². The van der Waals surface area contributed by atoms with Crippen molar-refractivity contribution in [2.24, 2.45) is 5.92 Å². The zero-order valence-electron chi connectivity index (χ0n) is 25.5. The van der Waals surface area contributed by atoms with Crippen molar-refractivity contribution in [3.63, 3.8) is 0 Å². The van der Waals surface area contributed by atoms with Crippen LogP contribution in [-0.2, 0) is 27.4 Å². The number of amides is 2. The second kappa shape index (κ2) is 14.9. The minimum Gasteiger partial charge on any atom is -0.392 e. The Labute approximate surface area is 255 Å². The fourth-order valence-corrected chi connectivity index (χ4v) is 6.25. The Morgan fingerprint density at radius 2 is 1.74 bits per heavy atom. The van der Waals surface area contributed by atoms with Crippen LogP contribution in [0.25, 0.3) is 11.1 Å². The van der Waals surface area contributed by atoms with Crippen LogP contribution in [-0.4, -0.2) is 61.5 Å². The standard InChI is InChI=1S/C35H45N3O5/c1-4-36-35(40)37-20-29-8-5-6-10-31(29)26-15-17-28(18-16-26)34-42-32(21-38-19-7-9-30(38)23-41-3)24(2)33(43-34)27-13-11-25(22-39)12-14-27/h5-6,8,10-18,24,30,32-34,39H,4,7,9,19-23H2,1-3H3,(H2,36,37,40)/t24-,30+,32+,33+,34+/m1/s1. The van der Waals surface area contributed by atoms with E-state index in [0.29, 0.717) is 19.1 Å². The third-order valence-electron chi connectivity index (χ3n) is 8.68. The van der Waals surface area contributed by atoms with Crippen molar-refractivity contribution in [3.8, 4) is 11.1 Å². The third-order valence-corrected chi connectivity index (χ3v) is 8.68. The lowest BCUT2D eigenvalue weighted by Gasteiger charge is -2.43. The van der Waals surface area contributed by atoms with Crippen LogP contribution in [0, 0.1) is 5.92 Å². The molecule has 2 fully saturated rings. The number of aliphatic hydroxyl groups is 1. The largest absolute Gasteiger partial charge is 0.392 e. The number of aliphatic hydroxyl groups excluding tert-OH is 1. The number of hydrogen-bond donors (Lipinski definition) is 3. The van der Waals surface area contributed by atoms with Crippen LogP contribution in [0.1, 0.15) is 61.3 Å². The Morgan fingerprint density at radius 3 is 2.47 bits per heavy atom. The second-order valence-corrected chi connectivity index (χ2v) is 11.6. The molecule has 3 aromatic carbocycles. The number of methoxy groups -OCH3 is 1. The molecular weight excluding hydrogens is 542 g/mol. The summed E-state index contributed by atoms with van der Waals surface area (Å²) < 4.78 is 18.9. The van der Waals surface area contributed by atoms with Crippen molar-refractivity contribution in [2.75, 3.05) is 33.4 Å². The molecule has 0 saturated carbocycles. The van der Waals surface area contributed by atoms with E-state index in [9.17, 15) is 9.90 Å². The van der Waals surface area contributed by atoms with Gasteiger partial charge in [-0.2, -0.15) is 0 Å². The normalized spacial score (nSPS) is 24.1. The summed E-state index contributed by atoms with van der Waals surface area (Å²) in [5.41, 5.74) is 6.11. The average Bonchev–Trinajstić information content (AvgIpc) is 3.48. The number of nitrogens with zero attached hydrogens (tertiary/aromatic N) is 1.